The molecule has 1 atom stereocenters. The first-order valence-electron chi connectivity index (χ1n) is 10.4. The van der Waals surface area contributed by atoms with Crippen LogP contribution in [0.25, 0.3) is 0 Å². The van der Waals surface area contributed by atoms with Gasteiger partial charge in [0.15, 0.2) is 23.2 Å². The molecular weight excluding hydrogens is 442 g/mol. The third kappa shape index (κ3) is 4.57. The van der Waals surface area contributed by atoms with Gasteiger partial charge < -0.3 is 19.3 Å². The molecule has 1 unspecified atom stereocenters. The second-order valence-corrected chi connectivity index (χ2v) is 9.69. The van der Waals surface area contributed by atoms with Gasteiger partial charge in [-0.25, -0.2) is 23.5 Å². The van der Waals surface area contributed by atoms with Crippen molar-refractivity contribution in [2.75, 3.05) is 31.1 Å². The summed E-state index contributed by atoms with van der Waals surface area (Å²) >= 11 is 5.91. The fourth-order valence-electron chi connectivity index (χ4n) is 4.19. The number of benzene rings is 1. The van der Waals surface area contributed by atoms with Gasteiger partial charge in [0.05, 0.1) is 6.20 Å². The molecular formula is C22H25ClF2N4O3. The second-order valence-electron chi connectivity index (χ2n) is 9.31. The number of likely N-dealkylation sites (tertiary alicyclic amines) is 1. The van der Waals surface area contributed by atoms with E-state index in [0.29, 0.717) is 37.7 Å². The summed E-state index contributed by atoms with van der Waals surface area (Å²) in [6.45, 7) is 8.18. The summed E-state index contributed by atoms with van der Waals surface area (Å²) in [4.78, 5) is 24.6. The summed E-state index contributed by atoms with van der Waals surface area (Å²) < 4.78 is 38.5. The number of hydrogen-bond donors (Lipinski definition) is 0. The number of carbonyl (C=O) groups excluding carboxylic acids is 1. The molecule has 2 aromatic rings. The summed E-state index contributed by atoms with van der Waals surface area (Å²) in [6, 6.07) is 2.22. The molecule has 4 rings (SSSR count). The van der Waals surface area contributed by atoms with Crippen LogP contribution in [0, 0.1) is 17.0 Å². The Hall–Kier alpha value is -2.68. The van der Waals surface area contributed by atoms with Gasteiger partial charge in [-0.05, 0) is 45.7 Å². The maximum Gasteiger partial charge on any atom is 0.410 e. The van der Waals surface area contributed by atoms with Crippen molar-refractivity contribution in [2.24, 2.45) is 5.41 Å². The molecule has 0 aliphatic carbocycles. The van der Waals surface area contributed by atoms with E-state index in [2.05, 4.69) is 14.9 Å². The molecule has 0 radical (unpaired) electrons. The zero-order valence-electron chi connectivity index (χ0n) is 18.2. The van der Waals surface area contributed by atoms with E-state index in [1.54, 1.807) is 4.90 Å². The van der Waals surface area contributed by atoms with Gasteiger partial charge in [0.2, 0.25) is 0 Å². The Balaban J connectivity index is 1.49. The Labute approximate surface area is 190 Å². The third-order valence-corrected chi connectivity index (χ3v) is 6.06. The molecule has 10 heteroatoms. The standard InChI is InChI=1S/C22H25ClF2N4O3/c1-21(2,3)32-20(30)29-9-7-22(12-29)6-8-28(11-22)19-16(10-26-13-27-19)31-15-5-4-14(24)18(25)17(15)23/h4-5,10,13H,6-9,11-12H2,1-3H3. The van der Waals surface area contributed by atoms with Crippen LogP contribution in [0.2, 0.25) is 5.02 Å². The lowest BCUT2D eigenvalue weighted by Crippen LogP contribution is -2.37. The highest BCUT2D eigenvalue weighted by Crippen LogP contribution is 2.43. The fraction of sp³-hybridized carbons (Fsp3) is 0.500. The Kier molecular flexibility index (Phi) is 5.87. The first-order chi connectivity index (χ1) is 15.1. The lowest BCUT2D eigenvalue weighted by Gasteiger charge is -2.27. The van der Waals surface area contributed by atoms with E-state index < -0.39 is 22.3 Å². The van der Waals surface area contributed by atoms with Gasteiger partial charge in [-0.15, -0.1) is 0 Å². The molecule has 3 heterocycles. The normalized spacial score (nSPS) is 20.8. The lowest BCUT2D eigenvalue weighted by atomic mass is 9.86. The largest absolute Gasteiger partial charge is 0.450 e. The van der Waals surface area contributed by atoms with Gasteiger partial charge in [0.1, 0.15) is 22.7 Å². The summed E-state index contributed by atoms with van der Waals surface area (Å²) in [7, 11) is 0. The molecule has 1 amide bonds. The molecule has 172 valence electrons. The molecule has 2 saturated heterocycles. The molecule has 2 aliphatic rings. The second kappa shape index (κ2) is 8.35. The number of nitrogens with zero attached hydrogens (tertiary/aromatic N) is 4. The Morgan fingerprint density at radius 2 is 1.91 bits per heavy atom. The van der Waals surface area contributed by atoms with Crippen molar-refractivity contribution in [1.29, 1.82) is 0 Å². The van der Waals surface area contributed by atoms with Gasteiger partial charge >= 0.3 is 6.09 Å². The molecule has 0 N–H and O–H groups in total. The van der Waals surface area contributed by atoms with Crippen LogP contribution in [0.5, 0.6) is 11.5 Å². The van der Waals surface area contributed by atoms with Crippen molar-refractivity contribution in [1.82, 2.24) is 14.9 Å². The summed E-state index contributed by atoms with van der Waals surface area (Å²) in [5, 5.41) is -0.443. The fourth-order valence-corrected chi connectivity index (χ4v) is 4.38. The van der Waals surface area contributed by atoms with Crippen LogP contribution in [0.4, 0.5) is 19.4 Å². The third-order valence-electron chi connectivity index (χ3n) is 5.71. The Morgan fingerprint density at radius 3 is 2.66 bits per heavy atom. The van der Waals surface area contributed by atoms with Crippen LogP contribution in [0.3, 0.4) is 0 Å². The monoisotopic (exact) mass is 466 g/mol. The van der Waals surface area contributed by atoms with Crippen molar-refractivity contribution < 1.29 is 23.0 Å². The molecule has 32 heavy (non-hydrogen) atoms. The van der Waals surface area contributed by atoms with Crippen molar-refractivity contribution in [3.63, 3.8) is 0 Å². The van der Waals surface area contributed by atoms with E-state index in [9.17, 15) is 13.6 Å². The molecule has 1 spiro atoms. The highest BCUT2D eigenvalue weighted by atomic mass is 35.5. The number of rotatable bonds is 3. The summed E-state index contributed by atoms with van der Waals surface area (Å²) in [5.74, 6) is -1.42. The lowest BCUT2D eigenvalue weighted by molar-refractivity contribution is 0.0276. The SMILES string of the molecule is CC(C)(C)OC(=O)N1CCC2(CCN(c3ncncc3Oc3ccc(F)c(F)c3Cl)C2)C1. The van der Waals surface area contributed by atoms with Gasteiger partial charge in [-0.3, -0.25) is 0 Å². The van der Waals surface area contributed by atoms with Gasteiger partial charge in [-0.2, -0.15) is 0 Å². The Morgan fingerprint density at radius 1 is 1.16 bits per heavy atom. The summed E-state index contributed by atoms with van der Waals surface area (Å²) in [5.41, 5.74) is -0.610. The predicted molar refractivity (Wildman–Crippen MR) is 115 cm³/mol. The number of ether oxygens (including phenoxy) is 2. The van der Waals surface area contributed by atoms with Crippen LogP contribution in [0.15, 0.2) is 24.7 Å². The van der Waals surface area contributed by atoms with Crippen molar-refractivity contribution in [3.8, 4) is 11.5 Å². The molecule has 0 saturated carbocycles. The van der Waals surface area contributed by atoms with E-state index >= 15 is 0 Å². The number of anilines is 1. The molecule has 1 aromatic carbocycles. The minimum atomic E-state index is -1.17. The maximum absolute atomic E-state index is 13.8. The zero-order chi connectivity index (χ0) is 23.1. The van der Waals surface area contributed by atoms with E-state index in [1.165, 1.54) is 18.6 Å². The zero-order valence-corrected chi connectivity index (χ0v) is 19.0. The predicted octanol–water partition coefficient (Wildman–Crippen LogP) is 5.04. The number of aromatic nitrogens is 2. The smallest absolute Gasteiger partial charge is 0.410 e. The van der Waals surface area contributed by atoms with Gasteiger partial charge in [0, 0.05) is 31.6 Å². The van der Waals surface area contributed by atoms with Crippen LogP contribution < -0.4 is 9.64 Å². The van der Waals surface area contributed by atoms with E-state index in [1.807, 2.05) is 20.8 Å². The number of amides is 1. The number of halogens is 3. The van der Waals surface area contributed by atoms with Gasteiger partial charge in [-0.1, -0.05) is 11.6 Å². The minimum absolute atomic E-state index is 0.0208. The Bertz CT molecular complexity index is 1030. The topological polar surface area (TPSA) is 67.8 Å². The average molecular weight is 467 g/mol. The van der Waals surface area contributed by atoms with Crippen LogP contribution in [-0.4, -0.2) is 52.7 Å². The molecule has 7 nitrogen and oxygen atoms in total. The number of carbonyl (C=O) groups is 1. The van der Waals surface area contributed by atoms with Crippen LogP contribution in [-0.2, 0) is 4.74 Å². The molecule has 2 fully saturated rings. The first-order valence-corrected chi connectivity index (χ1v) is 10.8. The highest BCUT2D eigenvalue weighted by Gasteiger charge is 2.46. The first kappa shape index (κ1) is 22.5. The van der Waals surface area contributed by atoms with Crippen LogP contribution in [0.1, 0.15) is 33.6 Å². The van der Waals surface area contributed by atoms with Gasteiger partial charge in [0.25, 0.3) is 0 Å². The summed E-state index contributed by atoms with van der Waals surface area (Å²) in [6.07, 6.45) is 4.31. The maximum atomic E-state index is 13.8. The van der Waals surface area contributed by atoms with Crippen molar-refractivity contribution in [2.45, 2.75) is 39.2 Å². The van der Waals surface area contributed by atoms with E-state index in [0.717, 1.165) is 18.9 Å². The van der Waals surface area contributed by atoms with Crippen LogP contribution >= 0.6 is 11.6 Å². The van der Waals surface area contributed by atoms with E-state index in [4.69, 9.17) is 21.1 Å². The molecule has 2 aliphatic heterocycles. The minimum Gasteiger partial charge on any atom is -0.450 e. The van der Waals surface area contributed by atoms with Crippen molar-refractivity contribution in [3.05, 3.63) is 41.3 Å². The quantitative estimate of drug-likeness (QED) is 0.590. The van der Waals surface area contributed by atoms with Crippen molar-refractivity contribution >= 4 is 23.5 Å². The van der Waals surface area contributed by atoms with E-state index in [-0.39, 0.29) is 17.3 Å². The highest BCUT2D eigenvalue weighted by molar-refractivity contribution is 6.32. The molecule has 1 aromatic heterocycles. The number of hydrogen-bond acceptors (Lipinski definition) is 6. The molecule has 0 bridgehead atoms. The average Bonchev–Trinajstić information content (AvgIpc) is 3.35.